The summed E-state index contributed by atoms with van der Waals surface area (Å²) in [4.78, 5) is 16.1. The summed E-state index contributed by atoms with van der Waals surface area (Å²) in [5, 5.41) is 0. The van der Waals surface area contributed by atoms with Gasteiger partial charge in [-0.3, -0.25) is 4.98 Å². The fraction of sp³-hybridized carbons (Fsp3) is 0.333. The lowest BCUT2D eigenvalue weighted by molar-refractivity contribution is 0.359. The van der Waals surface area contributed by atoms with Crippen molar-refractivity contribution in [3.05, 3.63) is 23.5 Å². The highest BCUT2D eigenvalue weighted by atomic mass is 16.5. The van der Waals surface area contributed by atoms with Gasteiger partial charge in [-0.1, -0.05) is 6.92 Å². The van der Waals surface area contributed by atoms with Gasteiger partial charge in [-0.2, -0.15) is 9.97 Å². The lowest BCUT2D eigenvalue weighted by atomic mass is 10.2. The molecule has 0 atom stereocenters. The molecule has 2 N–H and O–H groups in total. The first kappa shape index (κ1) is 13.0. The maximum absolute atomic E-state index is 5.59. The maximum Gasteiger partial charge on any atom is 0.330 e. The largest absolute Gasteiger partial charge is 0.467 e. The zero-order valence-electron chi connectivity index (χ0n) is 11.0. The Morgan fingerprint density at radius 1 is 1.11 bits per heavy atom. The second-order valence-electron chi connectivity index (χ2n) is 3.82. The summed E-state index contributed by atoms with van der Waals surface area (Å²) in [5.74, 6) is 0.640. The molecule has 0 radical (unpaired) electrons. The molecule has 0 aliphatic carbocycles. The summed E-state index contributed by atoms with van der Waals surface area (Å²) in [6.07, 6.45) is 0.745. The minimum Gasteiger partial charge on any atom is -0.467 e. The molecule has 100 valence electrons. The van der Waals surface area contributed by atoms with E-state index >= 15 is 0 Å². The van der Waals surface area contributed by atoms with Gasteiger partial charge in [0.2, 0.25) is 5.95 Å². The van der Waals surface area contributed by atoms with Crippen LogP contribution in [0.1, 0.15) is 18.3 Å². The Morgan fingerprint density at radius 2 is 1.84 bits per heavy atom. The quantitative estimate of drug-likeness (QED) is 0.891. The number of pyridine rings is 1. The summed E-state index contributed by atoms with van der Waals surface area (Å²) in [6.45, 7) is 3.92. The number of rotatable bonds is 4. The van der Waals surface area contributed by atoms with Crippen LogP contribution in [0.2, 0.25) is 0 Å². The third-order valence-electron chi connectivity index (χ3n) is 2.40. The van der Waals surface area contributed by atoms with E-state index in [9.17, 15) is 0 Å². The van der Waals surface area contributed by atoms with Crippen LogP contribution in [0.4, 0.5) is 5.95 Å². The lowest BCUT2D eigenvalue weighted by Crippen LogP contribution is -2.04. The number of nitrogen functional groups attached to an aromatic ring is 1. The third kappa shape index (κ3) is 3.06. The van der Waals surface area contributed by atoms with Crippen LogP contribution in [0, 0.1) is 6.92 Å². The second kappa shape index (κ2) is 5.47. The smallest absolute Gasteiger partial charge is 0.330 e. The molecule has 0 aliphatic heterocycles. The van der Waals surface area contributed by atoms with Gasteiger partial charge in [0.25, 0.3) is 0 Å². The lowest BCUT2D eigenvalue weighted by Gasteiger charge is -2.09. The molecule has 2 aromatic heterocycles. The van der Waals surface area contributed by atoms with Crippen LogP contribution in [-0.2, 0) is 6.42 Å². The Morgan fingerprint density at radius 3 is 2.53 bits per heavy atom. The van der Waals surface area contributed by atoms with Crippen LogP contribution < -0.4 is 15.2 Å². The predicted molar refractivity (Wildman–Crippen MR) is 69.2 cm³/mol. The highest BCUT2D eigenvalue weighted by Crippen LogP contribution is 2.23. The number of hydrogen-bond donors (Lipinski definition) is 1. The Bertz CT molecular complexity index is 588. The molecule has 19 heavy (non-hydrogen) atoms. The van der Waals surface area contributed by atoms with E-state index in [1.165, 1.54) is 7.11 Å². The maximum atomic E-state index is 5.59. The molecule has 0 fully saturated rings. The Balaban J connectivity index is 2.33. The van der Waals surface area contributed by atoms with Crippen molar-refractivity contribution in [2.45, 2.75) is 20.3 Å². The number of methoxy groups -OCH3 is 1. The minimum atomic E-state index is 0.0416. The van der Waals surface area contributed by atoms with Crippen molar-refractivity contribution in [3.63, 3.8) is 0 Å². The average Bonchev–Trinajstić information content (AvgIpc) is 2.40. The van der Waals surface area contributed by atoms with Gasteiger partial charge in [0.1, 0.15) is 0 Å². The zero-order valence-corrected chi connectivity index (χ0v) is 11.0. The van der Waals surface area contributed by atoms with Gasteiger partial charge < -0.3 is 15.2 Å². The van der Waals surface area contributed by atoms with E-state index in [1.54, 1.807) is 0 Å². The predicted octanol–water partition coefficient (Wildman–Crippen LogP) is 1.52. The van der Waals surface area contributed by atoms with Crippen molar-refractivity contribution in [2.24, 2.45) is 0 Å². The molecular weight excluding hydrogens is 246 g/mol. The average molecular weight is 261 g/mol. The molecule has 2 heterocycles. The van der Waals surface area contributed by atoms with Gasteiger partial charge in [0.15, 0.2) is 5.75 Å². The van der Waals surface area contributed by atoms with Crippen LogP contribution in [0.25, 0.3) is 0 Å². The monoisotopic (exact) mass is 261 g/mol. The van der Waals surface area contributed by atoms with Crippen molar-refractivity contribution in [1.82, 2.24) is 19.9 Å². The van der Waals surface area contributed by atoms with E-state index < -0.39 is 0 Å². The molecule has 0 unspecified atom stereocenters. The summed E-state index contributed by atoms with van der Waals surface area (Å²) in [7, 11) is 1.45. The number of aryl methyl sites for hydroxylation is 2. The van der Waals surface area contributed by atoms with Crippen molar-refractivity contribution in [3.8, 4) is 17.8 Å². The van der Waals surface area contributed by atoms with Gasteiger partial charge in [0.05, 0.1) is 12.8 Å². The molecule has 0 saturated heterocycles. The van der Waals surface area contributed by atoms with E-state index in [4.69, 9.17) is 15.2 Å². The SMILES string of the molecule is CCc1nc(C)ccc1Oc1nc(N)nc(OC)n1. The first-order valence-electron chi connectivity index (χ1n) is 5.82. The van der Waals surface area contributed by atoms with E-state index in [0.717, 1.165) is 17.8 Å². The molecule has 0 bridgehead atoms. The molecule has 0 aromatic carbocycles. The zero-order chi connectivity index (χ0) is 13.8. The molecule has 2 aromatic rings. The van der Waals surface area contributed by atoms with Crippen molar-refractivity contribution in [2.75, 3.05) is 12.8 Å². The van der Waals surface area contributed by atoms with E-state index in [2.05, 4.69) is 19.9 Å². The molecule has 7 heteroatoms. The van der Waals surface area contributed by atoms with Crippen LogP contribution in [0.3, 0.4) is 0 Å². The highest BCUT2D eigenvalue weighted by Gasteiger charge is 2.10. The molecule has 0 aliphatic rings. The number of anilines is 1. The molecule has 2 rings (SSSR count). The summed E-state index contributed by atoms with van der Waals surface area (Å²) in [6, 6.07) is 3.88. The highest BCUT2D eigenvalue weighted by molar-refractivity contribution is 5.32. The fourth-order valence-corrected chi connectivity index (χ4v) is 1.53. The van der Waals surface area contributed by atoms with Crippen molar-refractivity contribution in [1.29, 1.82) is 0 Å². The van der Waals surface area contributed by atoms with Gasteiger partial charge >= 0.3 is 12.0 Å². The fourth-order valence-electron chi connectivity index (χ4n) is 1.53. The van der Waals surface area contributed by atoms with Crippen LogP contribution in [-0.4, -0.2) is 27.0 Å². The minimum absolute atomic E-state index is 0.0416. The van der Waals surface area contributed by atoms with Crippen LogP contribution in [0.15, 0.2) is 12.1 Å². The van der Waals surface area contributed by atoms with E-state index in [-0.39, 0.29) is 18.0 Å². The Hall–Kier alpha value is -2.44. The molecule has 0 spiro atoms. The molecule has 0 amide bonds. The Kier molecular flexibility index (Phi) is 3.74. The van der Waals surface area contributed by atoms with Crippen molar-refractivity contribution >= 4 is 5.95 Å². The number of aromatic nitrogens is 4. The Labute approximate surface area is 110 Å². The molecular formula is C12H15N5O2. The normalized spacial score (nSPS) is 10.3. The van der Waals surface area contributed by atoms with E-state index in [0.29, 0.717) is 5.75 Å². The van der Waals surface area contributed by atoms with E-state index in [1.807, 2.05) is 26.0 Å². The number of hydrogen-bond acceptors (Lipinski definition) is 7. The first-order chi connectivity index (χ1) is 9.12. The van der Waals surface area contributed by atoms with Gasteiger partial charge in [0, 0.05) is 5.69 Å². The number of nitrogens with two attached hydrogens (primary N) is 1. The summed E-state index contributed by atoms with van der Waals surface area (Å²) >= 11 is 0. The van der Waals surface area contributed by atoms with Gasteiger partial charge in [-0.25, -0.2) is 0 Å². The van der Waals surface area contributed by atoms with Crippen LogP contribution >= 0.6 is 0 Å². The third-order valence-corrected chi connectivity index (χ3v) is 2.40. The first-order valence-corrected chi connectivity index (χ1v) is 5.82. The van der Waals surface area contributed by atoms with Gasteiger partial charge in [-0.15, -0.1) is 4.98 Å². The van der Waals surface area contributed by atoms with Crippen molar-refractivity contribution < 1.29 is 9.47 Å². The second-order valence-corrected chi connectivity index (χ2v) is 3.82. The number of ether oxygens (including phenoxy) is 2. The molecule has 0 saturated carbocycles. The standard InChI is InChI=1S/C12H15N5O2/c1-4-8-9(6-5-7(2)14-8)19-12-16-10(13)15-11(17-12)18-3/h5-6H,4H2,1-3H3,(H2,13,15,16,17). The van der Waals surface area contributed by atoms with Gasteiger partial charge in [-0.05, 0) is 25.5 Å². The molecule has 7 nitrogen and oxygen atoms in total. The summed E-state index contributed by atoms with van der Waals surface area (Å²) in [5.41, 5.74) is 7.30. The topological polar surface area (TPSA) is 96.0 Å². The number of nitrogens with zero attached hydrogens (tertiary/aromatic N) is 4. The summed E-state index contributed by atoms with van der Waals surface area (Å²) < 4.78 is 10.5. The van der Waals surface area contributed by atoms with Crippen LogP contribution in [0.5, 0.6) is 17.8 Å².